The third-order valence-corrected chi connectivity index (χ3v) is 3.64. The Morgan fingerprint density at radius 2 is 1.90 bits per heavy atom. The van der Waals surface area contributed by atoms with Crippen molar-refractivity contribution < 1.29 is 14.3 Å². The largest absolute Gasteiger partial charge is 0.491 e. The first-order valence-corrected chi connectivity index (χ1v) is 7.47. The quantitative estimate of drug-likeness (QED) is 0.819. The Labute approximate surface area is 126 Å². The fourth-order valence-electron chi connectivity index (χ4n) is 2.09. The number of carbonyl (C=O) groups is 1. The Bertz CT molecular complexity index is 472. The Hall–Kier alpha value is -1.55. The molecule has 1 N–H and O–H groups in total. The van der Waals surface area contributed by atoms with Gasteiger partial charge in [-0.25, -0.2) is 0 Å². The number of benzene rings is 1. The highest BCUT2D eigenvalue weighted by atomic mass is 16.5. The summed E-state index contributed by atoms with van der Waals surface area (Å²) in [4.78, 5) is 11.7. The number of ether oxygens (including phenoxy) is 2. The first kappa shape index (κ1) is 15.8. The molecule has 21 heavy (non-hydrogen) atoms. The standard InChI is InChI=1S/C17H25NO3/c1-17(2,3)12-5-9-14(10-6-12)21-11-15(16(19)20-4)18-13-7-8-13/h5-6,9-10,13,15,18H,7-8,11H2,1-4H3. The molecule has 0 aromatic heterocycles. The number of hydrogen-bond donors (Lipinski definition) is 1. The molecule has 1 aliphatic carbocycles. The molecule has 0 spiro atoms. The number of nitrogens with one attached hydrogen (secondary N) is 1. The van der Waals surface area contributed by atoms with Crippen LogP contribution in [-0.4, -0.2) is 31.8 Å². The zero-order valence-corrected chi connectivity index (χ0v) is 13.3. The summed E-state index contributed by atoms with van der Waals surface area (Å²) in [5.41, 5.74) is 1.39. The van der Waals surface area contributed by atoms with E-state index in [1.54, 1.807) is 0 Å². The van der Waals surface area contributed by atoms with Crippen LogP contribution in [-0.2, 0) is 14.9 Å². The van der Waals surface area contributed by atoms with Crippen LogP contribution in [0.5, 0.6) is 5.75 Å². The van der Waals surface area contributed by atoms with Gasteiger partial charge in [0.15, 0.2) is 0 Å². The van der Waals surface area contributed by atoms with Gasteiger partial charge in [-0.05, 0) is 36.0 Å². The Morgan fingerprint density at radius 1 is 1.29 bits per heavy atom. The predicted molar refractivity (Wildman–Crippen MR) is 82.6 cm³/mol. The van der Waals surface area contributed by atoms with Crippen LogP contribution >= 0.6 is 0 Å². The number of carbonyl (C=O) groups excluding carboxylic acids is 1. The highest BCUT2D eigenvalue weighted by Crippen LogP contribution is 2.24. The van der Waals surface area contributed by atoms with Crippen LogP contribution in [0.1, 0.15) is 39.2 Å². The van der Waals surface area contributed by atoms with E-state index in [-0.39, 0.29) is 18.0 Å². The molecule has 1 fully saturated rings. The van der Waals surface area contributed by atoms with Crippen LogP contribution in [0.2, 0.25) is 0 Å². The first-order chi connectivity index (χ1) is 9.90. The van der Waals surface area contributed by atoms with Crippen molar-refractivity contribution in [1.82, 2.24) is 5.32 Å². The molecule has 116 valence electrons. The minimum atomic E-state index is -0.398. The normalized spacial score (nSPS) is 16.4. The molecule has 0 amide bonds. The molecular weight excluding hydrogens is 266 g/mol. The van der Waals surface area contributed by atoms with Crippen molar-refractivity contribution in [2.75, 3.05) is 13.7 Å². The van der Waals surface area contributed by atoms with Gasteiger partial charge in [0.1, 0.15) is 18.4 Å². The second-order valence-corrected chi connectivity index (χ2v) is 6.60. The Kier molecular flexibility index (Phi) is 4.88. The summed E-state index contributed by atoms with van der Waals surface area (Å²) in [6.07, 6.45) is 2.24. The van der Waals surface area contributed by atoms with Crippen LogP contribution in [0.3, 0.4) is 0 Å². The lowest BCUT2D eigenvalue weighted by atomic mass is 9.87. The van der Waals surface area contributed by atoms with Gasteiger partial charge in [0.05, 0.1) is 7.11 Å². The zero-order chi connectivity index (χ0) is 15.5. The summed E-state index contributed by atoms with van der Waals surface area (Å²) < 4.78 is 10.5. The van der Waals surface area contributed by atoms with Crippen LogP contribution < -0.4 is 10.1 Å². The maximum Gasteiger partial charge on any atom is 0.326 e. The van der Waals surface area contributed by atoms with E-state index in [1.807, 2.05) is 12.1 Å². The molecular formula is C17H25NO3. The molecule has 0 heterocycles. The fourth-order valence-corrected chi connectivity index (χ4v) is 2.09. The molecule has 0 aliphatic heterocycles. The second-order valence-electron chi connectivity index (χ2n) is 6.60. The summed E-state index contributed by atoms with van der Waals surface area (Å²) in [6.45, 7) is 6.82. The zero-order valence-electron chi connectivity index (χ0n) is 13.3. The smallest absolute Gasteiger partial charge is 0.326 e. The van der Waals surface area contributed by atoms with Crippen molar-refractivity contribution >= 4 is 5.97 Å². The summed E-state index contributed by atoms with van der Waals surface area (Å²) in [7, 11) is 1.40. The van der Waals surface area contributed by atoms with E-state index in [2.05, 4.69) is 38.2 Å². The number of rotatable bonds is 6. The average Bonchev–Trinajstić information content (AvgIpc) is 3.26. The molecule has 1 aromatic rings. The van der Waals surface area contributed by atoms with E-state index in [0.717, 1.165) is 18.6 Å². The van der Waals surface area contributed by atoms with Crippen LogP contribution in [0.15, 0.2) is 24.3 Å². The van der Waals surface area contributed by atoms with Gasteiger partial charge >= 0.3 is 5.97 Å². The summed E-state index contributed by atoms with van der Waals surface area (Å²) in [6, 6.07) is 8.07. The molecule has 1 aliphatic rings. The highest BCUT2D eigenvalue weighted by Gasteiger charge is 2.29. The van der Waals surface area contributed by atoms with Gasteiger partial charge in [-0.2, -0.15) is 0 Å². The van der Waals surface area contributed by atoms with Crippen LogP contribution in [0.4, 0.5) is 0 Å². The van der Waals surface area contributed by atoms with Crippen molar-refractivity contribution in [3.05, 3.63) is 29.8 Å². The minimum absolute atomic E-state index is 0.126. The maximum atomic E-state index is 11.7. The molecule has 0 saturated heterocycles. The lowest BCUT2D eigenvalue weighted by molar-refractivity contribution is -0.144. The first-order valence-electron chi connectivity index (χ1n) is 7.47. The third-order valence-electron chi connectivity index (χ3n) is 3.64. The van der Waals surface area contributed by atoms with Crippen LogP contribution in [0.25, 0.3) is 0 Å². The lowest BCUT2D eigenvalue weighted by Gasteiger charge is -2.20. The van der Waals surface area contributed by atoms with E-state index in [4.69, 9.17) is 9.47 Å². The van der Waals surface area contributed by atoms with E-state index in [1.165, 1.54) is 12.7 Å². The topological polar surface area (TPSA) is 47.6 Å². The number of methoxy groups -OCH3 is 1. The highest BCUT2D eigenvalue weighted by molar-refractivity contribution is 5.75. The lowest BCUT2D eigenvalue weighted by Crippen LogP contribution is -2.43. The molecule has 0 radical (unpaired) electrons. The Balaban J connectivity index is 1.92. The summed E-state index contributed by atoms with van der Waals surface area (Å²) in [5, 5.41) is 3.25. The number of hydrogen-bond acceptors (Lipinski definition) is 4. The van der Waals surface area contributed by atoms with Gasteiger partial charge in [-0.1, -0.05) is 32.9 Å². The fraction of sp³-hybridized carbons (Fsp3) is 0.588. The van der Waals surface area contributed by atoms with Gasteiger partial charge in [-0.15, -0.1) is 0 Å². The molecule has 1 unspecified atom stereocenters. The molecule has 4 nitrogen and oxygen atoms in total. The van der Waals surface area contributed by atoms with Crippen LogP contribution in [0, 0.1) is 0 Å². The van der Waals surface area contributed by atoms with Gasteiger partial charge in [0, 0.05) is 6.04 Å². The van der Waals surface area contributed by atoms with E-state index < -0.39 is 6.04 Å². The Morgan fingerprint density at radius 3 is 2.38 bits per heavy atom. The van der Waals surface area contributed by atoms with Crippen molar-refractivity contribution in [2.45, 2.75) is 51.1 Å². The molecule has 2 rings (SSSR count). The second kappa shape index (κ2) is 6.48. The summed E-state index contributed by atoms with van der Waals surface area (Å²) in [5.74, 6) is 0.503. The van der Waals surface area contributed by atoms with E-state index >= 15 is 0 Å². The van der Waals surface area contributed by atoms with Crippen molar-refractivity contribution in [2.24, 2.45) is 0 Å². The molecule has 0 bridgehead atoms. The molecule has 4 heteroatoms. The third kappa shape index (κ3) is 4.74. The minimum Gasteiger partial charge on any atom is -0.491 e. The SMILES string of the molecule is COC(=O)C(COc1ccc(C(C)(C)C)cc1)NC1CC1. The molecule has 1 saturated carbocycles. The van der Waals surface area contributed by atoms with E-state index in [9.17, 15) is 4.79 Å². The predicted octanol–water partition coefficient (Wildman–Crippen LogP) is 2.66. The van der Waals surface area contributed by atoms with E-state index in [0.29, 0.717) is 6.04 Å². The summed E-state index contributed by atoms with van der Waals surface area (Å²) >= 11 is 0. The van der Waals surface area contributed by atoms with Crippen molar-refractivity contribution in [3.8, 4) is 5.75 Å². The molecule has 1 atom stereocenters. The van der Waals surface area contributed by atoms with Gasteiger partial charge in [0.25, 0.3) is 0 Å². The maximum absolute atomic E-state index is 11.7. The van der Waals surface area contributed by atoms with Crippen molar-refractivity contribution in [1.29, 1.82) is 0 Å². The number of esters is 1. The monoisotopic (exact) mass is 291 g/mol. The van der Waals surface area contributed by atoms with Crippen molar-refractivity contribution in [3.63, 3.8) is 0 Å². The molecule has 1 aromatic carbocycles. The van der Waals surface area contributed by atoms with Gasteiger partial charge < -0.3 is 9.47 Å². The van der Waals surface area contributed by atoms with Gasteiger partial charge in [0.2, 0.25) is 0 Å². The van der Waals surface area contributed by atoms with Gasteiger partial charge in [-0.3, -0.25) is 10.1 Å². The average molecular weight is 291 g/mol.